The van der Waals surface area contributed by atoms with Gasteiger partial charge in [-0.15, -0.1) is 0 Å². The van der Waals surface area contributed by atoms with Gasteiger partial charge in [0.05, 0.1) is 30.4 Å². The van der Waals surface area contributed by atoms with Gasteiger partial charge in [-0.2, -0.15) is 5.10 Å². The van der Waals surface area contributed by atoms with Gasteiger partial charge in [0.1, 0.15) is 5.60 Å². The number of aromatic amines is 1. The van der Waals surface area contributed by atoms with Crippen molar-refractivity contribution in [3.8, 4) is 0 Å². The van der Waals surface area contributed by atoms with Gasteiger partial charge >= 0.3 is 0 Å². The minimum atomic E-state index is -0.536. The number of aryl methyl sites for hydroxylation is 1. The van der Waals surface area contributed by atoms with Crippen molar-refractivity contribution < 1.29 is 9.53 Å². The number of hydrogen-bond donors (Lipinski definition) is 1. The van der Waals surface area contributed by atoms with Gasteiger partial charge in [0.2, 0.25) is 0 Å². The van der Waals surface area contributed by atoms with Crippen LogP contribution in [-0.2, 0) is 17.4 Å². The van der Waals surface area contributed by atoms with Crippen LogP contribution in [0.3, 0.4) is 0 Å². The maximum atomic E-state index is 13.1. The largest absolute Gasteiger partial charge is 0.367 e. The molecule has 0 saturated carbocycles. The topological polar surface area (TPSA) is 63.2 Å². The molecular weight excluding hydrogens is 304 g/mol. The summed E-state index contributed by atoms with van der Waals surface area (Å²) in [6.07, 6.45) is 5.61. The van der Waals surface area contributed by atoms with E-state index >= 15 is 0 Å². The Morgan fingerprint density at radius 3 is 3.04 bits per heavy atom. The Balaban J connectivity index is 1.64. The Labute approximate surface area is 140 Å². The summed E-state index contributed by atoms with van der Waals surface area (Å²) in [5.74, 6) is 0.0291. The fourth-order valence-electron chi connectivity index (χ4n) is 3.35. The first-order chi connectivity index (χ1) is 11.6. The number of nitrogens with zero attached hydrogens (tertiary/aromatic N) is 3. The number of rotatable bonds is 2. The molecule has 124 valence electrons. The van der Waals surface area contributed by atoms with Crippen molar-refractivity contribution in [2.75, 3.05) is 19.7 Å². The normalized spacial score (nSPS) is 21.3. The first-order valence-electron chi connectivity index (χ1n) is 8.05. The summed E-state index contributed by atoms with van der Waals surface area (Å²) in [5, 5.41) is 5.27. The monoisotopic (exact) mass is 324 g/mol. The third-order valence-corrected chi connectivity index (χ3v) is 4.69. The van der Waals surface area contributed by atoms with Gasteiger partial charge in [0.25, 0.3) is 5.91 Å². The first-order valence-corrected chi connectivity index (χ1v) is 8.05. The number of benzene rings is 1. The first kappa shape index (κ1) is 15.0. The summed E-state index contributed by atoms with van der Waals surface area (Å²) in [6, 6.07) is 7.77. The Morgan fingerprint density at radius 2 is 2.25 bits per heavy atom. The predicted molar refractivity (Wildman–Crippen MR) is 90.7 cm³/mol. The minimum Gasteiger partial charge on any atom is -0.367 e. The molecule has 1 saturated heterocycles. The van der Waals surface area contributed by atoms with Crippen LogP contribution in [0.5, 0.6) is 0 Å². The molecule has 1 atom stereocenters. The van der Waals surface area contributed by atoms with E-state index in [1.54, 1.807) is 10.9 Å². The van der Waals surface area contributed by atoms with Crippen LogP contribution in [0.4, 0.5) is 0 Å². The van der Waals surface area contributed by atoms with E-state index in [-0.39, 0.29) is 5.91 Å². The Kier molecular flexibility index (Phi) is 3.42. The summed E-state index contributed by atoms with van der Waals surface area (Å²) < 4.78 is 7.75. The van der Waals surface area contributed by atoms with Gasteiger partial charge in [0.15, 0.2) is 0 Å². The number of fused-ring (bicyclic) bond motifs is 1. The average Bonchev–Trinajstić information content (AvgIpc) is 3.22. The molecule has 0 radical (unpaired) electrons. The maximum Gasteiger partial charge on any atom is 0.256 e. The number of carbonyl (C=O) groups excluding carboxylic acids is 1. The standard InChI is InChI=1S/C18H20N4O2/c1-18(14-10-20-21(2)11-14)12-22(8-9-24-18)17(23)15-5-3-4-13-6-7-19-16(13)15/h3-7,10-11,19H,8-9,12H2,1-2H3/t18-/m1/s1. The van der Waals surface area contributed by atoms with Crippen LogP contribution >= 0.6 is 0 Å². The van der Waals surface area contributed by atoms with Crippen molar-refractivity contribution in [1.82, 2.24) is 19.7 Å². The van der Waals surface area contributed by atoms with E-state index in [9.17, 15) is 4.79 Å². The lowest BCUT2D eigenvalue weighted by Crippen LogP contribution is -2.50. The van der Waals surface area contributed by atoms with Gasteiger partial charge in [0, 0.05) is 36.9 Å². The number of carbonyl (C=O) groups is 1. The molecule has 0 unspecified atom stereocenters. The van der Waals surface area contributed by atoms with E-state index in [4.69, 9.17) is 4.74 Å². The number of amides is 1. The third kappa shape index (κ3) is 2.39. The molecule has 3 heterocycles. The van der Waals surface area contributed by atoms with Gasteiger partial charge in [-0.25, -0.2) is 0 Å². The zero-order valence-electron chi connectivity index (χ0n) is 13.8. The Hall–Kier alpha value is -2.60. The van der Waals surface area contributed by atoms with Crippen LogP contribution in [0.1, 0.15) is 22.8 Å². The molecule has 0 spiro atoms. The number of ether oxygens (including phenoxy) is 1. The molecule has 24 heavy (non-hydrogen) atoms. The molecule has 1 aromatic carbocycles. The van der Waals surface area contributed by atoms with Crippen molar-refractivity contribution in [2.45, 2.75) is 12.5 Å². The molecule has 0 aliphatic carbocycles. The lowest BCUT2D eigenvalue weighted by atomic mass is 9.96. The summed E-state index contributed by atoms with van der Waals surface area (Å²) in [6.45, 7) is 3.62. The second-order valence-electron chi connectivity index (χ2n) is 6.46. The fraction of sp³-hybridized carbons (Fsp3) is 0.333. The molecule has 1 amide bonds. The van der Waals surface area contributed by atoms with Crippen LogP contribution in [-0.4, -0.2) is 45.3 Å². The number of nitrogens with one attached hydrogen (secondary N) is 1. The molecule has 1 aliphatic rings. The van der Waals surface area contributed by atoms with E-state index in [0.717, 1.165) is 16.5 Å². The second kappa shape index (κ2) is 5.49. The molecule has 1 N–H and O–H groups in total. The van der Waals surface area contributed by atoms with Crippen molar-refractivity contribution in [3.63, 3.8) is 0 Å². The predicted octanol–water partition coefficient (Wildman–Crippen LogP) is 2.29. The lowest BCUT2D eigenvalue weighted by molar-refractivity contribution is -0.0930. The lowest BCUT2D eigenvalue weighted by Gasteiger charge is -2.40. The van der Waals surface area contributed by atoms with E-state index in [1.807, 2.05) is 55.5 Å². The second-order valence-corrected chi connectivity index (χ2v) is 6.46. The van der Waals surface area contributed by atoms with Gasteiger partial charge in [-0.1, -0.05) is 12.1 Å². The summed E-state index contributed by atoms with van der Waals surface area (Å²) in [7, 11) is 1.88. The molecule has 3 aromatic rings. The molecule has 4 rings (SSSR count). The highest BCUT2D eigenvalue weighted by Gasteiger charge is 2.37. The zero-order valence-corrected chi connectivity index (χ0v) is 13.8. The number of morpholine rings is 1. The Bertz CT molecular complexity index is 897. The molecule has 6 nitrogen and oxygen atoms in total. The highest BCUT2D eigenvalue weighted by Crippen LogP contribution is 2.30. The van der Waals surface area contributed by atoms with Gasteiger partial charge < -0.3 is 14.6 Å². The number of aromatic nitrogens is 3. The van der Waals surface area contributed by atoms with Crippen LogP contribution in [0.25, 0.3) is 10.9 Å². The number of para-hydroxylation sites is 1. The van der Waals surface area contributed by atoms with Crippen molar-refractivity contribution in [3.05, 3.63) is 54.0 Å². The van der Waals surface area contributed by atoms with Crippen LogP contribution in [0.15, 0.2) is 42.9 Å². The van der Waals surface area contributed by atoms with Crippen LogP contribution in [0, 0.1) is 0 Å². The third-order valence-electron chi connectivity index (χ3n) is 4.69. The van der Waals surface area contributed by atoms with Crippen LogP contribution < -0.4 is 0 Å². The highest BCUT2D eigenvalue weighted by molar-refractivity contribution is 6.05. The average molecular weight is 324 g/mol. The van der Waals surface area contributed by atoms with Gasteiger partial charge in [-0.3, -0.25) is 9.48 Å². The minimum absolute atomic E-state index is 0.0291. The number of hydrogen-bond acceptors (Lipinski definition) is 3. The Morgan fingerprint density at radius 1 is 1.38 bits per heavy atom. The summed E-state index contributed by atoms with van der Waals surface area (Å²) in [5.41, 5.74) is 2.04. The van der Waals surface area contributed by atoms with E-state index in [1.165, 1.54) is 0 Å². The molecular formula is C18H20N4O2. The van der Waals surface area contributed by atoms with Crippen molar-refractivity contribution in [1.29, 1.82) is 0 Å². The number of H-pyrrole nitrogens is 1. The molecule has 1 fully saturated rings. The van der Waals surface area contributed by atoms with Crippen LogP contribution in [0.2, 0.25) is 0 Å². The van der Waals surface area contributed by atoms with E-state index in [0.29, 0.717) is 25.3 Å². The van der Waals surface area contributed by atoms with Crippen molar-refractivity contribution >= 4 is 16.8 Å². The smallest absolute Gasteiger partial charge is 0.256 e. The molecule has 0 bridgehead atoms. The molecule has 6 heteroatoms. The SMILES string of the molecule is Cn1cc([C@@]2(C)CN(C(=O)c3cccc4cc[nH]c34)CCO2)cn1. The maximum absolute atomic E-state index is 13.1. The molecule has 1 aliphatic heterocycles. The van der Waals surface area contributed by atoms with Gasteiger partial charge in [-0.05, 0) is 19.1 Å². The highest BCUT2D eigenvalue weighted by atomic mass is 16.5. The van der Waals surface area contributed by atoms with E-state index < -0.39 is 5.60 Å². The summed E-state index contributed by atoms with van der Waals surface area (Å²) >= 11 is 0. The quantitative estimate of drug-likeness (QED) is 0.787. The fourth-order valence-corrected chi connectivity index (χ4v) is 3.35. The summed E-state index contributed by atoms with van der Waals surface area (Å²) in [4.78, 5) is 18.1. The zero-order chi connectivity index (χ0) is 16.7. The van der Waals surface area contributed by atoms with Crippen molar-refractivity contribution in [2.24, 2.45) is 7.05 Å². The molecule has 2 aromatic heterocycles. The van der Waals surface area contributed by atoms with E-state index in [2.05, 4.69) is 10.1 Å².